The van der Waals surface area contributed by atoms with Crippen LogP contribution in [0.15, 0.2) is 71.3 Å². The van der Waals surface area contributed by atoms with Crippen molar-refractivity contribution in [1.82, 2.24) is 5.32 Å². The van der Waals surface area contributed by atoms with E-state index >= 15 is 0 Å². The van der Waals surface area contributed by atoms with E-state index in [4.69, 9.17) is 9.15 Å². The summed E-state index contributed by atoms with van der Waals surface area (Å²) in [5, 5.41) is 6.21. The molecule has 0 radical (unpaired) electrons. The van der Waals surface area contributed by atoms with Crippen molar-refractivity contribution in [2.75, 3.05) is 12.4 Å². The first-order valence-electron chi connectivity index (χ1n) is 8.48. The van der Waals surface area contributed by atoms with E-state index < -0.39 is 0 Å². The minimum atomic E-state index is -0.0314. The lowest BCUT2D eigenvalue weighted by Crippen LogP contribution is -2.24. The maximum absolute atomic E-state index is 12.0. The Bertz CT molecular complexity index is 827. The molecule has 1 aromatic heterocycles. The summed E-state index contributed by atoms with van der Waals surface area (Å²) in [4.78, 5) is 12.0. The fourth-order valence-corrected chi connectivity index (χ4v) is 2.63. The maximum atomic E-state index is 12.0. The van der Waals surface area contributed by atoms with E-state index in [0.717, 1.165) is 28.3 Å². The number of nitrogens with one attached hydrogen (secondary N) is 2. The van der Waals surface area contributed by atoms with Gasteiger partial charge in [0.25, 0.3) is 0 Å². The van der Waals surface area contributed by atoms with E-state index in [0.29, 0.717) is 19.5 Å². The van der Waals surface area contributed by atoms with Gasteiger partial charge in [0.05, 0.1) is 26.3 Å². The second-order valence-corrected chi connectivity index (χ2v) is 5.90. The van der Waals surface area contributed by atoms with Crippen LogP contribution in [0.3, 0.4) is 0 Å². The molecule has 0 spiro atoms. The molecule has 2 N–H and O–H groups in total. The van der Waals surface area contributed by atoms with Crippen LogP contribution in [-0.2, 0) is 24.3 Å². The summed E-state index contributed by atoms with van der Waals surface area (Å²) in [6.45, 7) is 1.08. The highest BCUT2D eigenvalue weighted by molar-refractivity contribution is 5.78. The number of rotatable bonds is 8. The molecule has 3 rings (SSSR count). The molecule has 2 aromatic carbocycles. The Hall–Kier alpha value is -3.21. The van der Waals surface area contributed by atoms with Crippen molar-refractivity contribution in [1.29, 1.82) is 0 Å². The molecular formula is C21H22N2O3. The number of amides is 1. The summed E-state index contributed by atoms with van der Waals surface area (Å²) >= 11 is 0. The van der Waals surface area contributed by atoms with Crippen LogP contribution in [0.1, 0.15) is 16.9 Å². The molecule has 0 aliphatic carbocycles. The molecule has 0 unspecified atom stereocenters. The monoisotopic (exact) mass is 350 g/mol. The van der Waals surface area contributed by atoms with Crippen molar-refractivity contribution >= 4 is 11.6 Å². The second kappa shape index (κ2) is 8.76. The average Bonchev–Trinajstić information content (AvgIpc) is 3.20. The molecular weight excluding hydrogens is 328 g/mol. The maximum Gasteiger partial charge on any atom is 0.224 e. The van der Waals surface area contributed by atoms with Gasteiger partial charge in [-0.25, -0.2) is 0 Å². The number of benzene rings is 2. The van der Waals surface area contributed by atoms with Gasteiger partial charge in [-0.3, -0.25) is 4.79 Å². The third-order valence-corrected chi connectivity index (χ3v) is 4.03. The van der Waals surface area contributed by atoms with Gasteiger partial charge in [0.15, 0.2) is 0 Å². The summed E-state index contributed by atoms with van der Waals surface area (Å²) < 4.78 is 10.6. The fourth-order valence-electron chi connectivity index (χ4n) is 2.63. The van der Waals surface area contributed by atoms with E-state index in [1.807, 2.05) is 54.6 Å². The van der Waals surface area contributed by atoms with Gasteiger partial charge in [0.1, 0.15) is 11.5 Å². The molecule has 5 nitrogen and oxygen atoms in total. The SMILES string of the molecule is COc1ccccc1CNc1ccc(CC(=O)NCc2ccco2)cc1. The Morgan fingerprint density at radius 3 is 2.54 bits per heavy atom. The molecule has 1 heterocycles. The predicted molar refractivity (Wildman–Crippen MR) is 101 cm³/mol. The first-order valence-corrected chi connectivity index (χ1v) is 8.48. The zero-order valence-electron chi connectivity index (χ0n) is 14.7. The van der Waals surface area contributed by atoms with Crippen molar-refractivity contribution in [3.05, 3.63) is 83.8 Å². The average molecular weight is 350 g/mol. The third-order valence-electron chi connectivity index (χ3n) is 4.03. The molecule has 0 saturated heterocycles. The van der Waals surface area contributed by atoms with E-state index in [1.165, 1.54) is 0 Å². The largest absolute Gasteiger partial charge is 0.496 e. The Labute approximate surface area is 153 Å². The standard InChI is InChI=1S/C21H22N2O3/c1-25-20-7-3-2-5-17(20)14-22-18-10-8-16(9-11-18)13-21(24)23-15-19-6-4-12-26-19/h2-12,22H,13-15H2,1H3,(H,23,24). The smallest absolute Gasteiger partial charge is 0.224 e. The highest BCUT2D eigenvalue weighted by Crippen LogP contribution is 2.19. The van der Waals surface area contributed by atoms with Gasteiger partial charge in [-0.1, -0.05) is 30.3 Å². The van der Waals surface area contributed by atoms with Crippen LogP contribution in [0.5, 0.6) is 5.75 Å². The van der Waals surface area contributed by atoms with Crippen LogP contribution >= 0.6 is 0 Å². The number of hydrogen-bond acceptors (Lipinski definition) is 4. The second-order valence-electron chi connectivity index (χ2n) is 5.90. The van der Waals surface area contributed by atoms with E-state index in [2.05, 4.69) is 10.6 Å². The highest BCUT2D eigenvalue weighted by Gasteiger charge is 2.05. The molecule has 0 bridgehead atoms. The van der Waals surface area contributed by atoms with Crippen LogP contribution in [-0.4, -0.2) is 13.0 Å². The molecule has 0 saturated carbocycles. The van der Waals surface area contributed by atoms with Gasteiger partial charge >= 0.3 is 0 Å². The minimum Gasteiger partial charge on any atom is -0.496 e. The van der Waals surface area contributed by atoms with Gasteiger partial charge in [-0.15, -0.1) is 0 Å². The number of ether oxygens (including phenoxy) is 1. The molecule has 0 aliphatic heterocycles. The first-order chi connectivity index (χ1) is 12.7. The van der Waals surface area contributed by atoms with Crippen LogP contribution in [0.4, 0.5) is 5.69 Å². The summed E-state index contributed by atoms with van der Waals surface area (Å²) in [6.07, 6.45) is 1.94. The van der Waals surface area contributed by atoms with Crippen molar-refractivity contribution in [3.63, 3.8) is 0 Å². The number of furan rings is 1. The molecule has 0 atom stereocenters. The number of methoxy groups -OCH3 is 1. The first kappa shape index (κ1) is 17.6. The summed E-state index contributed by atoms with van der Waals surface area (Å²) in [6, 6.07) is 19.4. The quantitative estimate of drug-likeness (QED) is 0.649. The van der Waals surface area contributed by atoms with E-state index in [9.17, 15) is 4.79 Å². The summed E-state index contributed by atoms with van der Waals surface area (Å²) in [5.74, 6) is 1.58. The molecule has 134 valence electrons. The Morgan fingerprint density at radius 1 is 1.00 bits per heavy atom. The molecule has 1 amide bonds. The van der Waals surface area contributed by atoms with Crippen molar-refractivity contribution in [2.45, 2.75) is 19.5 Å². The number of hydrogen-bond donors (Lipinski definition) is 2. The lowest BCUT2D eigenvalue weighted by atomic mass is 10.1. The zero-order valence-corrected chi connectivity index (χ0v) is 14.7. The number of carbonyl (C=O) groups excluding carboxylic acids is 1. The molecule has 0 aliphatic rings. The lowest BCUT2D eigenvalue weighted by molar-refractivity contribution is -0.120. The summed E-state index contributed by atoms with van der Waals surface area (Å²) in [5.41, 5.74) is 3.05. The number of anilines is 1. The molecule has 0 fully saturated rings. The van der Waals surface area contributed by atoms with E-state index in [1.54, 1.807) is 19.4 Å². The van der Waals surface area contributed by atoms with Crippen LogP contribution in [0, 0.1) is 0 Å². The predicted octanol–water partition coefficient (Wildman–Crippen LogP) is 3.76. The van der Waals surface area contributed by atoms with Crippen molar-refractivity contribution in [2.24, 2.45) is 0 Å². The molecule has 5 heteroatoms. The van der Waals surface area contributed by atoms with Gasteiger partial charge in [0, 0.05) is 17.8 Å². The van der Waals surface area contributed by atoms with Gasteiger partial charge < -0.3 is 19.8 Å². The Kier molecular flexibility index (Phi) is 5.93. The van der Waals surface area contributed by atoms with Crippen LogP contribution in [0.2, 0.25) is 0 Å². The van der Waals surface area contributed by atoms with E-state index in [-0.39, 0.29) is 5.91 Å². The Balaban J connectivity index is 1.49. The topological polar surface area (TPSA) is 63.5 Å². The molecule has 26 heavy (non-hydrogen) atoms. The Morgan fingerprint density at radius 2 is 1.81 bits per heavy atom. The fraction of sp³-hybridized carbons (Fsp3) is 0.190. The van der Waals surface area contributed by atoms with Gasteiger partial charge in [-0.2, -0.15) is 0 Å². The minimum absolute atomic E-state index is 0.0314. The van der Waals surface area contributed by atoms with Crippen molar-refractivity contribution in [3.8, 4) is 5.75 Å². The number of para-hydroxylation sites is 1. The highest BCUT2D eigenvalue weighted by atomic mass is 16.5. The third kappa shape index (κ3) is 4.89. The zero-order chi connectivity index (χ0) is 18.2. The normalized spacial score (nSPS) is 10.3. The summed E-state index contributed by atoms with van der Waals surface area (Å²) in [7, 11) is 1.67. The van der Waals surface area contributed by atoms with Crippen LogP contribution < -0.4 is 15.4 Å². The molecule has 3 aromatic rings. The van der Waals surface area contributed by atoms with Crippen molar-refractivity contribution < 1.29 is 13.9 Å². The van der Waals surface area contributed by atoms with Gasteiger partial charge in [-0.05, 0) is 35.9 Å². The van der Waals surface area contributed by atoms with Gasteiger partial charge in [0.2, 0.25) is 5.91 Å². The lowest BCUT2D eigenvalue weighted by Gasteiger charge is -2.11. The number of carbonyl (C=O) groups is 1. The van der Waals surface area contributed by atoms with Crippen LogP contribution in [0.25, 0.3) is 0 Å².